The van der Waals surface area contributed by atoms with Crippen molar-refractivity contribution in [1.29, 1.82) is 0 Å². The van der Waals surface area contributed by atoms with Crippen molar-refractivity contribution in [2.24, 2.45) is 5.92 Å². The van der Waals surface area contributed by atoms with Crippen LogP contribution in [-0.4, -0.2) is 14.7 Å². The Kier molecular flexibility index (Phi) is 1.98. The van der Waals surface area contributed by atoms with Crippen molar-refractivity contribution in [3.63, 3.8) is 0 Å². The Labute approximate surface area is 88.3 Å². The second-order valence-electron chi connectivity index (χ2n) is 5.23. The van der Waals surface area contributed by atoms with E-state index in [4.69, 9.17) is 0 Å². The first kappa shape index (κ1) is 10.1. The molecule has 1 aromatic heterocycles. The molecule has 0 radical (unpaired) electrons. The van der Waals surface area contributed by atoms with E-state index in [1.807, 2.05) is 0 Å². The molecule has 1 heterocycles. The molecule has 0 aromatic carbocycles. The minimum atomic E-state index is -0.628. The summed E-state index contributed by atoms with van der Waals surface area (Å²) in [5.74, 6) is 0.353. The highest BCUT2D eigenvalue weighted by atomic mass is 32.1. The Morgan fingerprint density at radius 2 is 2.07 bits per heavy atom. The van der Waals surface area contributed by atoms with Gasteiger partial charge in [0.25, 0.3) is 0 Å². The van der Waals surface area contributed by atoms with Crippen LogP contribution in [0.3, 0.4) is 0 Å². The van der Waals surface area contributed by atoms with Crippen LogP contribution in [0.5, 0.6) is 0 Å². The summed E-state index contributed by atoms with van der Waals surface area (Å²) in [4.78, 5) is 0.970. The van der Waals surface area contributed by atoms with E-state index in [1.165, 1.54) is 11.5 Å². The van der Waals surface area contributed by atoms with Gasteiger partial charge in [0.2, 0.25) is 0 Å². The van der Waals surface area contributed by atoms with E-state index in [2.05, 4.69) is 37.3 Å². The molecule has 0 amide bonds. The Morgan fingerprint density at radius 1 is 1.50 bits per heavy atom. The predicted molar refractivity (Wildman–Crippen MR) is 56.3 cm³/mol. The van der Waals surface area contributed by atoms with Crippen LogP contribution < -0.4 is 0 Å². The number of hydrogen-bond donors (Lipinski definition) is 1. The summed E-state index contributed by atoms with van der Waals surface area (Å²) in [5, 5.41) is 14.4. The standard InChI is InChI=1S/C10H16N2OS/c1-6-5-10(6,13)8-7(9(2,3)4)11-12-14-8/h6,13H,5H2,1-4H3. The van der Waals surface area contributed by atoms with Crippen LogP contribution in [0.15, 0.2) is 0 Å². The van der Waals surface area contributed by atoms with Crippen molar-refractivity contribution < 1.29 is 5.11 Å². The number of nitrogens with zero attached hydrogens (tertiary/aromatic N) is 2. The largest absolute Gasteiger partial charge is 0.384 e. The second-order valence-corrected chi connectivity index (χ2v) is 5.98. The lowest BCUT2D eigenvalue weighted by atomic mass is 9.90. The molecular formula is C10H16N2OS. The zero-order valence-corrected chi connectivity index (χ0v) is 9.85. The number of rotatable bonds is 1. The van der Waals surface area contributed by atoms with E-state index in [0.717, 1.165) is 17.0 Å². The summed E-state index contributed by atoms with van der Waals surface area (Å²) >= 11 is 1.34. The topological polar surface area (TPSA) is 46.0 Å². The van der Waals surface area contributed by atoms with Crippen molar-refractivity contribution in [3.8, 4) is 0 Å². The van der Waals surface area contributed by atoms with Gasteiger partial charge in [0.1, 0.15) is 5.60 Å². The molecule has 0 saturated heterocycles. The van der Waals surface area contributed by atoms with Crippen LogP contribution in [-0.2, 0) is 11.0 Å². The quantitative estimate of drug-likeness (QED) is 0.775. The Bertz CT molecular complexity index is 355. The highest BCUT2D eigenvalue weighted by molar-refractivity contribution is 7.05. The van der Waals surface area contributed by atoms with Crippen molar-refractivity contribution >= 4 is 11.5 Å². The van der Waals surface area contributed by atoms with Gasteiger partial charge in [0, 0.05) is 5.41 Å². The molecule has 3 nitrogen and oxygen atoms in total. The minimum Gasteiger partial charge on any atom is -0.384 e. The SMILES string of the molecule is CC1CC1(O)c1snnc1C(C)(C)C. The number of aromatic nitrogens is 2. The fraction of sp³-hybridized carbons (Fsp3) is 0.800. The van der Waals surface area contributed by atoms with Gasteiger partial charge in [-0.15, -0.1) is 5.10 Å². The van der Waals surface area contributed by atoms with E-state index in [9.17, 15) is 5.11 Å². The van der Waals surface area contributed by atoms with E-state index in [1.54, 1.807) is 0 Å². The minimum absolute atomic E-state index is 0.0274. The highest BCUT2D eigenvalue weighted by Crippen LogP contribution is 2.54. The van der Waals surface area contributed by atoms with Crippen LogP contribution in [0.25, 0.3) is 0 Å². The normalized spacial score (nSPS) is 31.9. The first-order valence-corrected chi connectivity index (χ1v) is 5.69. The average molecular weight is 212 g/mol. The van der Waals surface area contributed by atoms with Gasteiger partial charge in [0.15, 0.2) is 0 Å². The van der Waals surface area contributed by atoms with Crippen LogP contribution in [0.2, 0.25) is 0 Å². The summed E-state index contributed by atoms with van der Waals surface area (Å²) in [6, 6.07) is 0. The molecule has 2 unspecified atom stereocenters. The maximum atomic E-state index is 10.2. The maximum Gasteiger partial charge on any atom is 0.105 e. The molecule has 78 valence electrons. The van der Waals surface area contributed by atoms with Crippen LogP contribution in [0, 0.1) is 5.92 Å². The van der Waals surface area contributed by atoms with Gasteiger partial charge in [-0.3, -0.25) is 0 Å². The third kappa shape index (κ3) is 1.37. The molecule has 1 N–H and O–H groups in total. The summed E-state index contributed by atoms with van der Waals surface area (Å²) in [6.45, 7) is 8.36. The summed E-state index contributed by atoms with van der Waals surface area (Å²) < 4.78 is 3.96. The predicted octanol–water partition coefficient (Wildman–Crippen LogP) is 2.06. The van der Waals surface area contributed by atoms with Gasteiger partial charge in [-0.05, 0) is 23.9 Å². The first-order chi connectivity index (χ1) is 6.36. The van der Waals surface area contributed by atoms with Crippen molar-refractivity contribution in [2.75, 3.05) is 0 Å². The molecule has 1 fully saturated rings. The molecule has 0 bridgehead atoms. The second kappa shape index (κ2) is 2.76. The number of hydrogen-bond acceptors (Lipinski definition) is 4. The molecule has 14 heavy (non-hydrogen) atoms. The fourth-order valence-electron chi connectivity index (χ4n) is 1.69. The molecule has 0 spiro atoms. The van der Waals surface area contributed by atoms with Crippen LogP contribution in [0.4, 0.5) is 0 Å². The Hall–Kier alpha value is -0.480. The summed E-state index contributed by atoms with van der Waals surface area (Å²) in [5.41, 5.74) is 0.298. The summed E-state index contributed by atoms with van der Waals surface area (Å²) in [7, 11) is 0. The maximum absolute atomic E-state index is 10.2. The molecule has 1 saturated carbocycles. The van der Waals surface area contributed by atoms with E-state index < -0.39 is 5.60 Å². The molecule has 2 rings (SSSR count). The van der Waals surface area contributed by atoms with Crippen LogP contribution in [0.1, 0.15) is 44.7 Å². The zero-order valence-electron chi connectivity index (χ0n) is 9.03. The van der Waals surface area contributed by atoms with Crippen molar-refractivity contribution in [1.82, 2.24) is 9.59 Å². The highest BCUT2D eigenvalue weighted by Gasteiger charge is 2.54. The Morgan fingerprint density at radius 3 is 2.50 bits per heavy atom. The lowest BCUT2D eigenvalue weighted by molar-refractivity contribution is 0.136. The van der Waals surface area contributed by atoms with E-state index in [-0.39, 0.29) is 5.41 Å². The van der Waals surface area contributed by atoms with Gasteiger partial charge >= 0.3 is 0 Å². The van der Waals surface area contributed by atoms with Gasteiger partial charge < -0.3 is 5.11 Å². The van der Waals surface area contributed by atoms with Gasteiger partial charge in [-0.2, -0.15) is 0 Å². The van der Waals surface area contributed by atoms with Gasteiger partial charge in [0.05, 0.1) is 10.6 Å². The number of aliphatic hydroxyl groups is 1. The summed E-state index contributed by atoms with van der Waals surface area (Å²) in [6.07, 6.45) is 0.847. The lowest BCUT2D eigenvalue weighted by Gasteiger charge is -2.18. The average Bonchev–Trinajstić information content (AvgIpc) is 2.52. The van der Waals surface area contributed by atoms with Crippen molar-refractivity contribution in [3.05, 3.63) is 10.6 Å². The molecular weight excluding hydrogens is 196 g/mol. The first-order valence-electron chi connectivity index (χ1n) is 4.91. The van der Waals surface area contributed by atoms with E-state index >= 15 is 0 Å². The Balaban J connectivity index is 2.41. The van der Waals surface area contributed by atoms with Gasteiger partial charge in [-0.25, -0.2) is 0 Å². The molecule has 1 aliphatic rings. The fourth-order valence-corrected chi connectivity index (χ4v) is 2.77. The van der Waals surface area contributed by atoms with E-state index in [0.29, 0.717) is 5.92 Å². The smallest absolute Gasteiger partial charge is 0.105 e. The monoisotopic (exact) mass is 212 g/mol. The van der Waals surface area contributed by atoms with Crippen molar-refractivity contribution in [2.45, 2.75) is 45.1 Å². The van der Waals surface area contributed by atoms with Crippen LogP contribution >= 0.6 is 11.5 Å². The molecule has 0 aliphatic heterocycles. The third-order valence-electron chi connectivity index (χ3n) is 2.86. The molecule has 1 aliphatic carbocycles. The molecule has 1 aromatic rings. The zero-order chi connectivity index (χ0) is 10.6. The lowest BCUT2D eigenvalue weighted by Crippen LogP contribution is -2.18. The molecule has 4 heteroatoms. The molecule has 2 atom stereocenters. The van der Waals surface area contributed by atoms with Gasteiger partial charge in [-0.1, -0.05) is 32.2 Å². The third-order valence-corrected chi connectivity index (χ3v) is 3.76.